The molecule has 2 aromatic rings. The Morgan fingerprint density at radius 1 is 1.12 bits per heavy atom. The van der Waals surface area contributed by atoms with Crippen LogP contribution in [0.3, 0.4) is 0 Å². The van der Waals surface area contributed by atoms with Gasteiger partial charge in [0.2, 0.25) is 5.91 Å². The Hall–Kier alpha value is -2.53. The van der Waals surface area contributed by atoms with E-state index in [4.69, 9.17) is 9.47 Å². The monoisotopic (exact) mass is 568 g/mol. The van der Waals surface area contributed by atoms with E-state index < -0.39 is 6.10 Å². The van der Waals surface area contributed by atoms with Crippen molar-refractivity contribution in [1.82, 2.24) is 10.6 Å². The van der Waals surface area contributed by atoms with Gasteiger partial charge in [0, 0.05) is 37.8 Å². The van der Waals surface area contributed by atoms with Gasteiger partial charge < -0.3 is 30.1 Å². The number of carbonyl (C=O) groups excluding carboxylic acids is 1. The van der Waals surface area contributed by atoms with E-state index in [9.17, 15) is 9.90 Å². The van der Waals surface area contributed by atoms with E-state index in [1.807, 2.05) is 36.1 Å². The molecule has 0 aliphatic carbocycles. The van der Waals surface area contributed by atoms with E-state index in [0.29, 0.717) is 42.5 Å². The highest BCUT2D eigenvalue weighted by molar-refractivity contribution is 14.0. The molecule has 1 fully saturated rings. The summed E-state index contributed by atoms with van der Waals surface area (Å²) in [5.74, 6) is 2.04. The van der Waals surface area contributed by atoms with E-state index in [1.165, 1.54) is 0 Å². The lowest BCUT2D eigenvalue weighted by molar-refractivity contribution is -0.117. The minimum atomic E-state index is -0.764. The molecule has 3 N–H and O–H groups in total. The van der Waals surface area contributed by atoms with E-state index in [0.717, 1.165) is 24.2 Å². The van der Waals surface area contributed by atoms with Gasteiger partial charge in [-0.3, -0.25) is 4.79 Å². The highest BCUT2D eigenvalue weighted by Gasteiger charge is 2.21. The number of ether oxygens (including phenoxy) is 2. The zero-order valence-electron chi connectivity index (χ0n) is 19.3. The lowest BCUT2D eigenvalue weighted by Crippen LogP contribution is -2.39. The molecule has 1 aliphatic heterocycles. The number of hydrogen-bond donors (Lipinski definition) is 3. The van der Waals surface area contributed by atoms with Crippen LogP contribution in [0.1, 0.15) is 37.0 Å². The second kappa shape index (κ2) is 13.2. The molecule has 1 unspecified atom stereocenters. The molecule has 0 saturated carbocycles. The van der Waals surface area contributed by atoms with Gasteiger partial charge in [0.05, 0.1) is 26.9 Å². The standard InChI is InChI=1S/C24H32N4O4.HI/c1-4-25-24(27-16-22(29)18-12-20(31-2)14-21(13-18)32-3)26-15-17-7-9-19(10-8-17)28-11-5-6-23(28)30;/h7-10,12-14,22,29H,4-6,11,15-16H2,1-3H3,(H2,25,26,27);1H. The van der Waals surface area contributed by atoms with Gasteiger partial charge in [0.15, 0.2) is 5.96 Å². The van der Waals surface area contributed by atoms with Crippen molar-refractivity contribution in [3.05, 3.63) is 53.6 Å². The zero-order valence-corrected chi connectivity index (χ0v) is 21.7. The minimum Gasteiger partial charge on any atom is -0.497 e. The van der Waals surface area contributed by atoms with Crippen molar-refractivity contribution in [2.24, 2.45) is 4.99 Å². The Labute approximate surface area is 212 Å². The average Bonchev–Trinajstić information content (AvgIpc) is 3.26. The lowest BCUT2D eigenvalue weighted by atomic mass is 10.1. The van der Waals surface area contributed by atoms with Crippen LogP contribution in [0.2, 0.25) is 0 Å². The highest BCUT2D eigenvalue weighted by Crippen LogP contribution is 2.26. The molecule has 2 aromatic carbocycles. The number of amides is 1. The lowest BCUT2D eigenvalue weighted by Gasteiger charge is -2.17. The molecule has 9 heteroatoms. The van der Waals surface area contributed by atoms with E-state index in [-0.39, 0.29) is 36.4 Å². The molecule has 33 heavy (non-hydrogen) atoms. The van der Waals surface area contributed by atoms with E-state index >= 15 is 0 Å². The highest BCUT2D eigenvalue weighted by atomic mass is 127. The maximum atomic E-state index is 11.9. The number of nitrogens with one attached hydrogen (secondary N) is 2. The van der Waals surface area contributed by atoms with Gasteiger partial charge in [-0.25, -0.2) is 4.99 Å². The summed E-state index contributed by atoms with van der Waals surface area (Å²) >= 11 is 0. The third-order valence-electron chi connectivity index (χ3n) is 5.31. The molecule has 0 spiro atoms. The van der Waals surface area contributed by atoms with Crippen molar-refractivity contribution < 1.29 is 19.4 Å². The molecule has 8 nitrogen and oxygen atoms in total. The number of aliphatic hydroxyl groups excluding tert-OH is 1. The van der Waals surface area contributed by atoms with Crippen LogP contribution in [0.25, 0.3) is 0 Å². The number of guanidine groups is 1. The number of benzene rings is 2. The summed E-state index contributed by atoms with van der Waals surface area (Å²) in [5.41, 5.74) is 2.66. The van der Waals surface area contributed by atoms with Gasteiger partial charge in [-0.05, 0) is 48.7 Å². The fourth-order valence-electron chi connectivity index (χ4n) is 3.55. The van der Waals surface area contributed by atoms with Crippen molar-refractivity contribution in [1.29, 1.82) is 0 Å². The van der Waals surface area contributed by atoms with Crippen molar-refractivity contribution in [3.8, 4) is 11.5 Å². The smallest absolute Gasteiger partial charge is 0.227 e. The van der Waals surface area contributed by atoms with Gasteiger partial charge in [0.1, 0.15) is 11.5 Å². The quantitative estimate of drug-likeness (QED) is 0.244. The first-order chi connectivity index (χ1) is 15.5. The Morgan fingerprint density at radius 3 is 2.33 bits per heavy atom. The second-order valence-corrected chi connectivity index (χ2v) is 7.55. The summed E-state index contributed by atoms with van der Waals surface area (Å²) < 4.78 is 10.6. The van der Waals surface area contributed by atoms with Gasteiger partial charge in [-0.1, -0.05) is 12.1 Å². The summed E-state index contributed by atoms with van der Waals surface area (Å²) in [5, 5.41) is 17.0. The van der Waals surface area contributed by atoms with Gasteiger partial charge >= 0.3 is 0 Å². The van der Waals surface area contributed by atoms with Gasteiger partial charge in [0.25, 0.3) is 0 Å². The minimum absolute atomic E-state index is 0. The van der Waals surface area contributed by atoms with Gasteiger partial charge in [-0.2, -0.15) is 0 Å². The summed E-state index contributed by atoms with van der Waals surface area (Å²) in [6.07, 6.45) is 0.773. The van der Waals surface area contributed by atoms with E-state index in [2.05, 4.69) is 15.6 Å². The van der Waals surface area contributed by atoms with Crippen LogP contribution in [0.15, 0.2) is 47.5 Å². The first kappa shape index (κ1) is 26.7. The molecule has 180 valence electrons. The zero-order chi connectivity index (χ0) is 22.9. The summed E-state index contributed by atoms with van der Waals surface area (Å²) in [7, 11) is 3.16. The number of anilines is 1. The molecule has 0 aromatic heterocycles. The van der Waals surface area contributed by atoms with Crippen LogP contribution >= 0.6 is 24.0 Å². The first-order valence-corrected chi connectivity index (χ1v) is 10.9. The Kier molecular flexibility index (Phi) is 10.7. The molecule has 0 bridgehead atoms. The van der Waals surface area contributed by atoms with E-state index in [1.54, 1.807) is 32.4 Å². The Morgan fingerprint density at radius 2 is 1.79 bits per heavy atom. The third-order valence-corrected chi connectivity index (χ3v) is 5.31. The van der Waals surface area contributed by atoms with Crippen LogP contribution in [-0.4, -0.2) is 50.8 Å². The molecule has 1 aliphatic rings. The number of methoxy groups -OCH3 is 2. The normalized spacial score (nSPS) is 14.5. The molecule has 1 atom stereocenters. The SMILES string of the molecule is CCNC(=NCc1ccc(N2CCCC2=O)cc1)NCC(O)c1cc(OC)cc(OC)c1.I. The molecule has 0 radical (unpaired) electrons. The fourth-order valence-corrected chi connectivity index (χ4v) is 3.55. The maximum Gasteiger partial charge on any atom is 0.227 e. The summed E-state index contributed by atoms with van der Waals surface area (Å²) in [4.78, 5) is 18.3. The molecule has 1 amide bonds. The van der Waals surface area contributed by atoms with Crippen LogP contribution in [-0.2, 0) is 11.3 Å². The average molecular weight is 568 g/mol. The van der Waals surface area contributed by atoms with Crippen LogP contribution in [0.5, 0.6) is 11.5 Å². The number of aliphatic imine (C=N–C) groups is 1. The Bertz CT molecular complexity index is 914. The van der Waals surface area contributed by atoms with Crippen molar-refractivity contribution in [2.75, 3.05) is 38.8 Å². The maximum absolute atomic E-state index is 11.9. The number of nitrogens with zero attached hydrogens (tertiary/aromatic N) is 2. The molecule has 3 rings (SSSR count). The van der Waals surface area contributed by atoms with Crippen LogP contribution in [0, 0.1) is 0 Å². The molecule has 1 heterocycles. The number of aliphatic hydroxyl groups is 1. The predicted octanol–water partition coefficient (Wildman–Crippen LogP) is 3.24. The number of rotatable bonds is 9. The summed E-state index contributed by atoms with van der Waals surface area (Å²) in [6, 6.07) is 13.2. The topological polar surface area (TPSA) is 95.4 Å². The number of halogens is 1. The van der Waals surface area contributed by atoms with Crippen LogP contribution < -0.4 is 25.0 Å². The number of hydrogen-bond acceptors (Lipinski definition) is 5. The molecular weight excluding hydrogens is 535 g/mol. The summed E-state index contributed by atoms with van der Waals surface area (Å²) in [6.45, 7) is 4.23. The van der Waals surface area contributed by atoms with Crippen molar-refractivity contribution >= 4 is 41.5 Å². The fraction of sp³-hybridized carbons (Fsp3) is 0.417. The Balaban J connectivity index is 0.00000385. The largest absolute Gasteiger partial charge is 0.497 e. The first-order valence-electron chi connectivity index (χ1n) is 10.9. The third kappa shape index (κ3) is 7.50. The van der Waals surface area contributed by atoms with Gasteiger partial charge in [-0.15, -0.1) is 24.0 Å². The molecule has 1 saturated heterocycles. The van der Waals surface area contributed by atoms with Crippen molar-refractivity contribution in [2.45, 2.75) is 32.4 Å². The molecular formula is C24H33IN4O4. The number of carbonyl (C=O) groups is 1. The second-order valence-electron chi connectivity index (χ2n) is 7.55. The van der Waals surface area contributed by atoms with Crippen LogP contribution in [0.4, 0.5) is 5.69 Å². The van der Waals surface area contributed by atoms with Crippen molar-refractivity contribution in [3.63, 3.8) is 0 Å². The predicted molar refractivity (Wildman–Crippen MR) is 141 cm³/mol.